The Hall–Kier alpha value is -1.72. The van der Waals surface area contributed by atoms with Gasteiger partial charge in [-0.1, -0.05) is 46.3 Å². The van der Waals surface area contributed by atoms with Crippen LogP contribution < -0.4 is 5.32 Å². The molecular formula is C18H19BrN2OS. The summed E-state index contributed by atoms with van der Waals surface area (Å²) in [6.45, 7) is 3.56. The molecular weight excluding hydrogens is 372 g/mol. The van der Waals surface area contributed by atoms with Crippen molar-refractivity contribution in [3.8, 4) is 0 Å². The first-order valence-corrected chi connectivity index (χ1v) is 8.70. The van der Waals surface area contributed by atoms with E-state index in [0.29, 0.717) is 10.7 Å². The lowest BCUT2D eigenvalue weighted by atomic mass is 10.1. The topological polar surface area (TPSA) is 32.3 Å². The van der Waals surface area contributed by atoms with Crippen LogP contribution in [-0.2, 0) is 6.42 Å². The summed E-state index contributed by atoms with van der Waals surface area (Å²) in [5.41, 5.74) is 1.85. The second kappa shape index (κ2) is 8.79. The molecule has 0 aliphatic heterocycles. The number of thiocarbonyl (C=S) groups is 1. The number of hydrogen-bond donors (Lipinski definition) is 1. The average Bonchev–Trinajstić information content (AvgIpc) is 2.57. The molecule has 0 fully saturated rings. The average molecular weight is 391 g/mol. The van der Waals surface area contributed by atoms with Crippen molar-refractivity contribution in [1.29, 1.82) is 0 Å². The molecule has 0 saturated carbocycles. The van der Waals surface area contributed by atoms with Crippen molar-refractivity contribution in [2.24, 2.45) is 0 Å². The summed E-state index contributed by atoms with van der Waals surface area (Å²) in [6.07, 6.45) is 0.892. The molecule has 0 atom stereocenters. The van der Waals surface area contributed by atoms with Gasteiger partial charge in [0.1, 0.15) is 0 Å². The lowest BCUT2D eigenvalue weighted by molar-refractivity contribution is 0.0973. The first-order chi connectivity index (χ1) is 11.1. The molecule has 0 aromatic heterocycles. The van der Waals surface area contributed by atoms with Gasteiger partial charge in [-0.15, -0.1) is 0 Å². The number of rotatable bonds is 5. The molecule has 2 rings (SSSR count). The van der Waals surface area contributed by atoms with Crippen molar-refractivity contribution >= 4 is 39.2 Å². The molecule has 0 unspecified atom stereocenters. The largest absolute Gasteiger partial charge is 0.349 e. The highest BCUT2D eigenvalue weighted by Crippen LogP contribution is 2.10. The molecule has 23 heavy (non-hydrogen) atoms. The van der Waals surface area contributed by atoms with Gasteiger partial charge >= 0.3 is 0 Å². The van der Waals surface area contributed by atoms with Crippen LogP contribution in [0, 0.1) is 0 Å². The van der Waals surface area contributed by atoms with Gasteiger partial charge in [0.25, 0.3) is 5.91 Å². The molecule has 5 heteroatoms. The quantitative estimate of drug-likeness (QED) is 0.782. The Labute approximate surface area is 150 Å². The second-order valence-corrected chi connectivity index (χ2v) is 6.38. The molecule has 0 spiro atoms. The maximum Gasteiger partial charge on any atom is 0.257 e. The summed E-state index contributed by atoms with van der Waals surface area (Å²) in [7, 11) is 0. The highest BCUT2D eigenvalue weighted by molar-refractivity contribution is 9.10. The number of benzene rings is 2. The van der Waals surface area contributed by atoms with Gasteiger partial charge < -0.3 is 4.90 Å². The summed E-state index contributed by atoms with van der Waals surface area (Å²) < 4.78 is 0.940. The molecule has 1 amide bonds. The zero-order valence-corrected chi connectivity index (χ0v) is 15.4. The van der Waals surface area contributed by atoms with Gasteiger partial charge in [-0.3, -0.25) is 10.1 Å². The Morgan fingerprint density at radius 2 is 1.78 bits per heavy atom. The standard InChI is InChI=1S/C18H19BrN2OS/c1-2-21(13-12-14-6-4-3-5-7-14)18(23)20-17(22)15-8-10-16(19)11-9-15/h3-11H,2,12-13H2,1H3,(H,20,22,23). The molecule has 0 aliphatic carbocycles. The highest BCUT2D eigenvalue weighted by Gasteiger charge is 2.12. The highest BCUT2D eigenvalue weighted by atomic mass is 79.9. The predicted molar refractivity (Wildman–Crippen MR) is 102 cm³/mol. The van der Waals surface area contributed by atoms with E-state index in [1.165, 1.54) is 5.56 Å². The lowest BCUT2D eigenvalue weighted by Crippen LogP contribution is -2.43. The van der Waals surface area contributed by atoms with Crippen molar-refractivity contribution < 1.29 is 4.79 Å². The number of amides is 1. The van der Waals surface area contributed by atoms with Crippen molar-refractivity contribution in [2.45, 2.75) is 13.3 Å². The maximum atomic E-state index is 12.2. The van der Waals surface area contributed by atoms with E-state index in [1.807, 2.05) is 42.2 Å². The molecule has 2 aromatic carbocycles. The van der Waals surface area contributed by atoms with Gasteiger partial charge in [-0.25, -0.2) is 0 Å². The summed E-state index contributed by atoms with van der Waals surface area (Å²) in [4.78, 5) is 14.2. The van der Waals surface area contributed by atoms with E-state index in [-0.39, 0.29) is 5.91 Å². The summed E-state index contributed by atoms with van der Waals surface area (Å²) in [5, 5.41) is 3.27. The van der Waals surface area contributed by atoms with Crippen LogP contribution in [0.2, 0.25) is 0 Å². The fourth-order valence-electron chi connectivity index (χ4n) is 2.16. The van der Waals surface area contributed by atoms with Gasteiger partial charge in [0.05, 0.1) is 0 Å². The fourth-order valence-corrected chi connectivity index (χ4v) is 2.74. The number of likely N-dealkylation sites (N-methyl/N-ethyl adjacent to an activating group) is 1. The monoisotopic (exact) mass is 390 g/mol. The zero-order valence-electron chi connectivity index (χ0n) is 13.0. The summed E-state index contributed by atoms with van der Waals surface area (Å²) in [5.74, 6) is -0.180. The minimum absolute atomic E-state index is 0.180. The predicted octanol–water partition coefficient (Wildman–Crippen LogP) is 4.03. The van der Waals surface area contributed by atoms with Gasteiger partial charge in [0.15, 0.2) is 5.11 Å². The van der Waals surface area contributed by atoms with Crippen LogP contribution in [0.5, 0.6) is 0 Å². The van der Waals surface area contributed by atoms with E-state index < -0.39 is 0 Å². The molecule has 0 radical (unpaired) electrons. The molecule has 0 heterocycles. The number of carbonyl (C=O) groups excluding carboxylic acids is 1. The van der Waals surface area contributed by atoms with Gasteiger partial charge in [-0.2, -0.15) is 0 Å². The number of halogens is 1. The third kappa shape index (κ3) is 5.44. The first kappa shape index (κ1) is 17.6. The minimum atomic E-state index is -0.180. The molecule has 0 saturated heterocycles. The molecule has 1 N–H and O–H groups in total. The Morgan fingerprint density at radius 1 is 1.13 bits per heavy atom. The third-order valence-corrected chi connectivity index (χ3v) is 4.40. The Kier molecular flexibility index (Phi) is 6.74. The van der Waals surface area contributed by atoms with E-state index in [9.17, 15) is 4.79 Å². The van der Waals surface area contributed by atoms with E-state index in [4.69, 9.17) is 12.2 Å². The number of hydrogen-bond acceptors (Lipinski definition) is 2. The van der Waals surface area contributed by atoms with Crippen LogP contribution in [-0.4, -0.2) is 29.0 Å². The Balaban J connectivity index is 1.91. The SMILES string of the molecule is CCN(CCc1ccccc1)C(=S)NC(=O)c1ccc(Br)cc1. The van der Waals surface area contributed by atoms with E-state index in [0.717, 1.165) is 24.0 Å². The van der Waals surface area contributed by atoms with Crippen LogP contribution in [0.15, 0.2) is 59.1 Å². The molecule has 2 aromatic rings. The molecule has 120 valence electrons. The van der Waals surface area contributed by atoms with Crippen molar-refractivity contribution in [1.82, 2.24) is 10.2 Å². The Bertz CT molecular complexity index is 658. The van der Waals surface area contributed by atoms with E-state index in [2.05, 4.69) is 33.4 Å². The minimum Gasteiger partial charge on any atom is -0.349 e. The van der Waals surface area contributed by atoms with Gasteiger partial charge in [0, 0.05) is 23.1 Å². The second-order valence-electron chi connectivity index (χ2n) is 5.08. The van der Waals surface area contributed by atoms with E-state index >= 15 is 0 Å². The van der Waals surface area contributed by atoms with Crippen LogP contribution >= 0.6 is 28.1 Å². The van der Waals surface area contributed by atoms with E-state index in [1.54, 1.807) is 12.1 Å². The fraction of sp³-hybridized carbons (Fsp3) is 0.222. The van der Waals surface area contributed by atoms with Crippen LogP contribution in [0.25, 0.3) is 0 Å². The molecule has 0 bridgehead atoms. The third-order valence-electron chi connectivity index (χ3n) is 3.51. The number of carbonyl (C=O) groups is 1. The molecule has 3 nitrogen and oxygen atoms in total. The zero-order chi connectivity index (χ0) is 16.7. The van der Waals surface area contributed by atoms with Crippen molar-refractivity contribution in [3.05, 3.63) is 70.2 Å². The van der Waals surface area contributed by atoms with Crippen LogP contribution in [0.1, 0.15) is 22.8 Å². The maximum absolute atomic E-state index is 12.2. The van der Waals surface area contributed by atoms with Crippen LogP contribution in [0.3, 0.4) is 0 Å². The lowest BCUT2D eigenvalue weighted by Gasteiger charge is -2.23. The Morgan fingerprint density at radius 3 is 2.39 bits per heavy atom. The normalized spacial score (nSPS) is 10.2. The van der Waals surface area contributed by atoms with Gasteiger partial charge in [-0.05, 0) is 55.4 Å². The summed E-state index contributed by atoms with van der Waals surface area (Å²) in [6, 6.07) is 17.5. The number of nitrogens with one attached hydrogen (secondary N) is 1. The summed E-state index contributed by atoms with van der Waals surface area (Å²) >= 11 is 8.73. The number of nitrogens with zero attached hydrogens (tertiary/aromatic N) is 1. The van der Waals surface area contributed by atoms with Crippen molar-refractivity contribution in [2.75, 3.05) is 13.1 Å². The van der Waals surface area contributed by atoms with Gasteiger partial charge in [0.2, 0.25) is 0 Å². The first-order valence-electron chi connectivity index (χ1n) is 7.50. The van der Waals surface area contributed by atoms with Crippen LogP contribution in [0.4, 0.5) is 0 Å². The molecule has 0 aliphatic rings. The van der Waals surface area contributed by atoms with Crippen molar-refractivity contribution in [3.63, 3.8) is 0 Å². The smallest absolute Gasteiger partial charge is 0.257 e.